The Morgan fingerprint density at radius 2 is 2.24 bits per heavy atom. The largest absolute Gasteiger partial charge is 0.469 e. The number of hydrogen-bond donors (Lipinski definition) is 1. The van der Waals surface area contributed by atoms with E-state index in [1.54, 1.807) is 6.20 Å². The minimum absolute atomic E-state index is 0.0590. The number of fused-ring (bicyclic) bond motifs is 1. The van der Waals surface area contributed by atoms with Gasteiger partial charge in [-0.05, 0) is 12.1 Å². The number of carbonyl (C=O) groups is 1. The Hall–Kier alpha value is -1.94. The lowest BCUT2D eigenvalue weighted by molar-refractivity contribution is -0.142. The average Bonchev–Trinajstić information content (AvgIpc) is 2.38. The highest BCUT2D eigenvalue weighted by Gasteiger charge is 2.13. The number of nitrogens with zero attached hydrogens (tertiary/aromatic N) is 1. The van der Waals surface area contributed by atoms with E-state index in [1.165, 1.54) is 7.11 Å². The molecule has 0 spiro atoms. The summed E-state index contributed by atoms with van der Waals surface area (Å²) in [6.45, 7) is 0. The Morgan fingerprint density at radius 1 is 1.47 bits per heavy atom. The number of benzene rings is 1. The topological polar surface area (TPSA) is 59.4 Å². The van der Waals surface area contributed by atoms with Gasteiger partial charge in [0.2, 0.25) is 0 Å². The summed E-state index contributed by atoms with van der Waals surface area (Å²) in [4.78, 5) is 15.3. The van der Waals surface area contributed by atoms with Gasteiger partial charge in [-0.2, -0.15) is 0 Å². The van der Waals surface area contributed by atoms with Gasteiger partial charge in [-0.3, -0.25) is 9.78 Å². The summed E-state index contributed by atoms with van der Waals surface area (Å²) in [5.41, 5.74) is 1.48. The van der Waals surface area contributed by atoms with Crippen molar-refractivity contribution >= 4 is 16.9 Å². The van der Waals surface area contributed by atoms with Crippen LogP contribution in [0.5, 0.6) is 0 Å². The second kappa shape index (κ2) is 4.93. The summed E-state index contributed by atoms with van der Waals surface area (Å²) in [6, 6.07) is 9.44. The molecule has 88 valence electrons. The number of rotatable bonds is 3. The fraction of sp³-hybridized carbons (Fsp3) is 0.231. The third kappa shape index (κ3) is 2.60. The van der Waals surface area contributed by atoms with E-state index in [0.29, 0.717) is 5.56 Å². The first kappa shape index (κ1) is 11.5. The number of aliphatic hydroxyl groups excluding tert-OH is 1. The van der Waals surface area contributed by atoms with Gasteiger partial charge < -0.3 is 9.84 Å². The van der Waals surface area contributed by atoms with Crippen LogP contribution in [0.1, 0.15) is 18.1 Å². The molecular formula is C13H13NO3. The highest BCUT2D eigenvalue weighted by Crippen LogP contribution is 2.20. The summed E-state index contributed by atoms with van der Waals surface area (Å²) >= 11 is 0. The summed E-state index contributed by atoms with van der Waals surface area (Å²) < 4.78 is 4.51. The number of pyridine rings is 1. The van der Waals surface area contributed by atoms with Gasteiger partial charge in [-0.15, -0.1) is 0 Å². The number of aromatic nitrogens is 1. The van der Waals surface area contributed by atoms with Crippen LogP contribution in [0, 0.1) is 0 Å². The smallest absolute Gasteiger partial charge is 0.308 e. The maximum atomic E-state index is 11.1. The molecule has 0 saturated heterocycles. The monoisotopic (exact) mass is 231 g/mol. The SMILES string of the molecule is COC(=O)C[C@H](O)c1cnc2ccccc2c1. The van der Waals surface area contributed by atoms with E-state index in [1.807, 2.05) is 30.3 Å². The Bertz CT molecular complexity index is 539. The van der Waals surface area contributed by atoms with E-state index in [4.69, 9.17) is 0 Å². The molecule has 4 nitrogen and oxygen atoms in total. The number of ether oxygens (including phenoxy) is 1. The van der Waals surface area contributed by atoms with Crippen LogP contribution in [0.4, 0.5) is 0 Å². The lowest BCUT2D eigenvalue weighted by Gasteiger charge is -2.09. The zero-order chi connectivity index (χ0) is 12.3. The van der Waals surface area contributed by atoms with Crippen LogP contribution in [-0.2, 0) is 9.53 Å². The van der Waals surface area contributed by atoms with Crippen LogP contribution < -0.4 is 0 Å². The molecule has 0 amide bonds. The van der Waals surface area contributed by atoms with Crippen molar-refractivity contribution in [2.24, 2.45) is 0 Å². The number of esters is 1. The molecule has 0 aliphatic carbocycles. The fourth-order valence-electron chi connectivity index (χ4n) is 1.63. The second-order valence-corrected chi connectivity index (χ2v) is 3.76. The third-order valence-electron chi connectivity index (χ3n) is 2.58. The van der Waals surface area contributed by atoms with Crippen molar-refractivity contribution in [1.29, 1.82) is 0 Å². The summed E-state index contributed by atoms with van der Waals surface area (Å²) in [5, 5.41) is 10.8. The van der Waals surface area contributed by atoms with E-state index in [9.17, 15) is 9.90 Å². The van der Waals surface area contributed by atoms with Crippen molar-refractivity contribution in [1.82, 2.24) is 4.98 Å². The van der Waals surface area contributed by atoms with Gasteiger partial charge in [0.15, 0.2) is 0 Å². The number of methoxy groups -OCH3 is 1. The standard InChI is InChI=1S/C13H13NO3/c1-17-13(16)7-12(15)10-6-9-4-2-3-5-11(9)14-8-10/h2-6,8,12,15H,7H2,1H3/t12-/m0/s1. The van der Waals surface area contributed by atoms with Crippen molar-refractivity contribution in [2.45, 2.75) is 12.5 Å². The highest BCUT2D eigenvalue weighted by molar-refractivity contribution is 5.79. The minimum atomic E-state index is -0.875. The molecule has 1 N–H and O–H groups in total. The van der Waals surface area contributed by atoms with Crippen LogP contribution in [-0.4, -0.2) is 23.2 Å². The first-order valence-corrected chi connectivity index (χ1v) is 5.30. The molecule has 2 rings (SSSR count). The van der Waals surface area contributed by atoms with Crippen LogP contribution >= 0.6 is 0 Å². The lowest BCUT2D eigenvalue weighted by atomic mass is 10.1. The normalized spacial score (nSPS) is 12.4. The molecule has 2 aromatic rings. The van der Waals surface area contributed by atoms with Crippen molar-refractivity contribution in [3.8, 4) is 0 Å². The van der Waals surface area contributed by atoms with Crippen molar-refractivity contribution in [2.75, 3.05) is 7.11 Å². The first-order valence-electron chi connectivity index (χ1n) is 5.30. The molecule has 1 aromatic heterocycles. The van der Waals surface area contributed by atoms with Crippen molar-refractivity contribution in [3.63, 3.8) is 0 Å². The molecule has 17 heavy (non-hydrogen) atoms. The first-order chi connectivity index (χ1) is 8.20. The summed E-state index contributed by atoms with van der Waals surface area (Å²) in [7, 11) is 1.30. The Morgan fingerprint density at radius 3 is 3.00 bits per heavy atom. The number of aliphatic hydroxyl groups is 1. The Labute approximate surface area is 98.9 Å². The zero-order valence-corrected chi connectivity index (χ0v) is 9.46. The quantitative estimate of drug-likeness (QED) is 0.819. The predicted molar refractivity (Wildman–Crippen MR) is 63.3 cm³/mol. The maximum absolute atomic E-state index is 11.1. The zero-order valence-electron chi connectivity index (χ0n) is 9.46. The molecule has 1 aromatic carbocycles. The Kier molecular flexibility index (Phi) is 3.35. The van der Waals surface area contributed by atoms with Gasteiger partial charge in [0.05, 0.1) is 25.2 Å². The lowest BCUT2D eigenvalue weighted by Crippen LogP contribution is -2.08. The fourth-order valence-corrected chi connectivity index (χ4v) is 1.63. The van der Waals surface area contributed by atoms with E-state index in [2.05, 4.69) is 9.72 Å². The molecule has 1 heterocycles. The van der Waals surface area contributed by atoms with Crippen LogP contribution in [0.25, 0.3) is 10.9 Å². The average molecular weight is 231 g/mol. The maximum Gasteiger partial charge on any atom is 0.308 e. The van der Waals surface area contributed by atoms with Crippen molar-refractivity contribution < 1.29 is 14.6 Å². The number of carbonyl (C=O) groups excluding carboxylic acids is 1. The van der Waals surface area contributed by atoms with E-state index in [-0.39, 0.29) is 6.42 Å². The molecule has 0 fully saturated rings. The Balaban J connectivity index is 2.26. The van der Waals surface area contributed by atoms with Gasteiger partial charge in [-0.1, -0.05) is 18.2 Å². The predicted octanol–water partition coefficient (Wildman–Crippen LogP) is 1.83. The van der Waals surface area contributed by atoms with E-state index < -0.39 is 12.1 Å². The van der Waals surface area contributed by atoms with Gasteiger partial charge in [0.1, 0.15) is 0 Å². The van der Waals surface area contributed by atoms with Gasteiger partial charge in [0.25, 0.3) is 0 Å². The molecular weight excluding hydrogens is 218 g/mol. The van der Waals surface area contributed by atoms with Crippen LogP contribution in [0.2, 0.25) is 0 Å². The minimum Gasteiger partial charge on any atom is -0.469 e. The molecule has 0 bridgehead atoms. The van der Waals surface area contributed by atoms with Gasteiger partial charge in [0, 0.05) is 17.1 Å². The summed E-state index contributed by atoms with van der Waals surface area (Å²) in [6.07, 6.45) is 0.645. The van der Waals surface area contributed by atoms with Crippen LogP contribution in [0.15, 0.2) is 36.5 Å². The molecule has 1 atom stereocenters. The number of hydrogen-bond acceptors (Lipinski definition) is 4. The molecule has 0 aliphatic heterocycles. The second-order valence-electron chi connectivity index (χ2n) is 3.76. The van der Waals surface area contributed by atoms with Gasteiger partial charge >= 0.3 is 5.97 Å². The third-order valence-corrected chi connectivity index (χ3v) is 2.58. The molecule has 0 saturated carbocycles. The van der Waals surface area contributed by atoms with Crippen LogP contribution in [0.3, 0.4) is 0 Å². The molecule has 4 heteroatoms. The number of para-hydroxylation sites is 1. The van der Waals surface area contributed by atoms with Crippen molar-refractivity contribution in [3.05, 3.63) is 42.1 Å². The molecule has 0 radical (unpaired) electrons. The highest BCUT2D eigenvalue weighted by atomic mass is 16.5. The summed E-state index contributed by atoms with van der Waals surface area (Å²) in [5.74, 6) is -0.439. The molecule has 0 unspecified atom stereocenters. The van der Waals surface area contributed by atoms with Gasteiger partial charge in [-0.25, -0.2) is 0 Å². The van der Waals surface area contributed by atoms with E-state index in [0.717, 1.165) is 10.9 Å². The van der Waals surface area contributed by atoms with E-state index >= 15 is 0 Å². The molecule has 0 aliphatic rings.